The quantitative estimate of drug-likeness (QED) is 0.323. The molecule has 0 spiro atoms. The number of aromatic nitrogens is 1. The van der Waals surface area contributed by atoms with Crippen LogP contribution in [-0.2, 0) is 4.79 Å². The molecule has 6 nitrogen and oxygen atoms in total. The maximum absolute atomic E-state index is 13.8. The Labute approximate surface area is 237 Å². The molecule has 0 N–H and O–H groups in total. The molecule has 2 aromatic carbocycles. The average Bonchev–Trinajstić information content (AvgIpc) is 3.24. The summed E-state index contributed by atoms with van der Waals surface area (Å²) in [6.45, 7) is 12.9. The number of amides is 2. The minimum Gasteiger partial charge on any atom is -0.497 e. The van der Waals surface area contributed by atoms with Gasteiger partial charge in [0, 0.05) is 38.3 Å². The maximum atomic E-state index is 13.8. The Kier molecular flexibility index (Phi) is 8.75. The van der Waals surface area contributed by atoms with E-state index < -0.39 is 0 Å². The molecule has 4 rings (SSSR count). The molecule has 1 atom stereocenters. The van der Waals surface area contributed by atoms with Crippen molar-refractivity contribution >= 4 is 23.4 Å². The van der Waals surface area contributed by atoms with E-state index in [1.807, 2.05) is 75.9 Å². The third-order valence-corrected chi connectivity index (χ3v) is 7.68. The van der Waals surface area contributed by atoms with Gasteiger partial charge >= 0.3 is 0 Å². The first-order chi connectivity index (χ1) is 18.5. The molecule has 1 aliphatic heterocycles. The van der Waals surface area contributed by atoms with Gasteiger partial charge in [-0.2, -0.15) is 0 Å². The van der Waals surface area contributed by atoms with E-state index in [4.69, 9.17) is 16.3 Å². The highest BCUT2D eigenvalue weighted by molar-refractivity contribution is 6.32. The van der Waals surface area contributed by atoms with E-state index in [1.54, 1.807) is 7.11 Å². The van der Waals surface area contributed by atoms with Crippen molar-refractivity contribution in [3.63, 3.8) is 0 Å². The molecule has 2 amide bonds. The Hall–Kier alpha value is -3.25. The first-order valence-electron chi connectivity index (χ1n) is 13.7. The Balaban J connectivity index is 1.55. The van der Waals surface area contributed by atoms with Crippen LogP contribution in [0.2, 0.25) is 5.02 Å². The average molecular weight is 550 g/mol. The number of hydrogen-bond acceptors (Lipinski definition) is 3. The van der Waals surface area contributed by atoms with E-state index in [9.17, 15) is 9.59 Å². The first kappa shape index (κ1) is 28.8. The zero-order valence-corrected chi connectivity index (χ0v) is 24.7. The second-order valence-corrected chi connectivity index (χ2v) is 12.2. The zero-order chi connectivity index (χ0) is 28.3. The van der Waals surface area contributed by atoms with E-state index in [0.717, 1.165) is 34.8 Å². The second kappa shape index (κ2) is 11.9. The second-order valence-electron chi connectivity index (χ2n) is 11.8. The number of hydrogen-bond donors (Lipinski definition) is 0. The Morgan fingerprint density at radius 2 is 1.59 bits per heavy atom. The summed E-state index contributed by atoms with van der Waals surface area (Å²) in [7, 11) is 1.64. The molecule has 1 aliphatic rings. The fourth-order valence-corrected chi connectivity index (χ4v) is 5.84. The molecule has 208 valence electrons. The third kappa shape index (κ3) is 6.67. The van der Waals surface area contributed by atoms with Gasteiger partial charge in [0.25, 0.3) is 5.91 Å². The molecule has 1 aromatic heterocycles. The molecule has 7 heteroatoms. The summed E-state index contributed by atoms with van der Waals surface area (Å²) >= 11 is 6.62. The monoisotopic (exact) mass is 549 g/mol. The summed E-state index contributed by atoms with van der Waals surface area (Å²) in [6.07, 6.45) is 1.56. The Bertz CT molecular complexity index is 1320. The first-order valence-corrected chi connectivity index (χ1v) is 14.0. The van der Waals surface area contributed by atoms with Crippen LogP contribution < -0.4 is 4.74 Å². The number of nitrogens with zero attached hydrogens (tertiary/aromatic N) is 3. The number of rotatable bonds is 7. The smallest absolute Gasteiger partial charge is 0.255 e. The van der Waals surface area contributed by atoms with Crippen molar-refractivity contribution in [3.8, 4) is 22.7 Å². The van der Waals surface area contributed by atoms with Crippen molar-refractivity contribution in [2.75, 3.05) is 33.3 Å². The van der Waals surface area contributed by atoms with Crippen molar-refractivity contribution in [1.29, 1.82) is 0 Å². The summed E-state index contributed by atoms with van der Waals surface area (Å²) in [6, 6.07) is 17.4. The molecule has 0 aliphatic carbocycles. The highest BCUT2D eigenvalue weighted by atomic mass is 35.5. The van der Waals surface area contributed by atoms with E-state index in [2.05, 4.69) is 27.7 Å². The summed E-state index contributed by atoms with van der Waals surface area (Å²) in [5, 5.41) is 0.609. The van der Waals surface area contributed by atoms with Gasteiger partial charge in [0.05, 0.1) is 29.1 Å². The minimum absolute atomic E-state index is 0.0266. The van der Waals surface area contributed by atoms with Crippen molar-refractivity contribution in [1.82, 2.24) is 14.4 Å². The molecule has 3 aromatic rings. The van der Waals surface area contributed by atoms with Crippen LogP contribution in [0.1, 0.15) is 56.6 Å². The lowest BCUT2D eigenvalue weighted by atomic mass is 9.84. The summed E-state index contributed by atoms with van der Waals surface area (Å²) in [5.74, 6) is 1.26. The number of para-hydroxylation sites is 1. The van der Waals surface area contributed by atoms with Crippen LogP contribution >= 0.6 is 11.6 Å². The fraction of sp³-hybridized carbons (Fsp3) is 0.438. The number of ether oxygens (including phenoxy) is 1. The predicted octanol–water partition coefficient (Wildman–Crippen LogP) is 6.86. The van der Waals surface area contributed by atoms with Crippen LogP contribution in [0.15, 0.2) is 54.6 Å². The van der Waals surface area contributed by atoms with Gasteiger partial charge in [-0.15, -0.1) is 0 Å². The van der Waals surface area contributed by atoms with Crippen LogP contribution in [0.5, 0.6) is 5.75 Å². The molecule has 39 heavy (non-hydrogen) atoms. The number of carbonyl (C=O) groups excluding carboxylic acids is 2. The molecule has 0 saturated carbocycles. The standard InChI is InChI=1S/C32H40ClN3O3/c1-22(21-32(3,4)5)19-30(37)34-15-17-35(18-16-34)31(38)26-20-29(24-11-13-25(39-6)14-12-24)36(23(26)2)28-10-8-7-9-27(28)33/h7-14,20,22H,15-19,21H2,1-6H3. The van der Waals surface area contributed by atoms with Gasteiger partial charge in [-0.3, -0.25) is 9.59 Å². The molecule has 2 heterocycles. The lowest BCUT2D eigenvalue weighted by Crippen LogP contribution is -2.50. The normalized spacial score (nSPS) is 14.8. The highest BCUT2D eigenvalue weighted by Gasteiger charge is 2.29. The van der Waals surface area contributed by atoms with Crippen molar-refractivity contribution < 1.29 is 14.3 Å². The molecule has 0 radical (unpaired) electrons. The van der Waals surface area contributed by atoms with Crippen LogP contribution in [0, 0.1) is 18.3 Å². The highest BCUT2D eigenvalue weighted by Crippen LogP contribution is 2.34. The molecule has 1 fully saturated rings. The van der Waals surface area contributed by atoms with Crippen molar-refractivity contribution in [2.24, 2.45) is 11.3 Å². The zero-order valence-electron chi connectivity index (χ0n) is 24.0. The van der Waals surface area contributed by atoms with Crippen LogP contribution in [-0.4, -0.2) is 59.5 Å². The fourth-order valence-electron chi connectivity index (χ4n) is 5.62. The van der Waals surface area contributed by atoms with Gasteiger partial charge in [-0.1, -0.05) is 51.4 Å². The molecular weight excluding hydrogens is 510 g/mol. The van der Waals surface area contributed by atoms with Crippen LogP contribution in [0.4, 0.5) is 0 Å². The number of halogens is 1. The predicted molar refractivity (Wildman–Crippen MR) is 158 cm³/mol. The third-order valence-electron chi connectivity index (χ3n) is 7.36. The molecule has 1 saturated heterocycles. The topological polar surface area (TPSA) is 54.8 Å². The Morgan fingerprint density at radius 1 is 0.974 bits per heavy atom. The largest absolute Gasteiger partial charge is 0.497 e. The van der Waals surface area contributed by atoms with Crippen molar-refractivity contribution in [2.45, 2.75) is 47.5 Å². The maximum Gasteiger partial charge on any atom is 0.255 e. The van der Waals surface area contributed by atoms with Gasteiger partial charge < -0.3 is 19.1 Å². The molecule has 0 bridgehead atoms. The number of methoxy groups -OCH3 is 1. The van der Waals surface area contributed by atoms with Gasteiger partial charge in [0.2, 0.25) is 5.91 Å². The van der Waals surface area contributed by atoms with Gasteiger partial charge in [0.1, 0.15) is 5.75 Å². The van der Waals surface area contributed by atoms with Crippen molar-refractivity contribution in [3.05, 3.63) is 70.9 Å². The van der Waals surface area contributed by atoms with E-state index >= 15 is 0 Å². The van der Waals surface area contributed by atoms with E-state index in [1.165, 1.54) is 0 Å². The summed E-state index contributed by atoms with van der Waals surface area (Å²) in [5.41, 5.74) is 4.33. The van der Waals surface area contributed by atoms with E-state index in [0.29, 0.717) is 49.1 Å². The van der Waals surface area contributed by atoms with Gasteiger partial charge in [-0.25, -0.2) is 0 Å². The van der Waals surface area contributed by atoms with Crippen LogP contribution in [0.25, 0.3) is 16.9 Å². The number of piperazine rings is 1. The summed E-state index contributed by atoms with van der Waals surface area (Å²) < 4.78 is 7.39. The lowest BCUT2D eigenvalue weighted by Gasteiger charge is -2.35. The molecule has 1 unspecified atom stereocenters. The minimum atomic E-state index is -0.0266. The number of carbonyl (C=O) groups is 2. The Morgan fingerprint density at radius 3 is 2.18 bits per heavy atom. The van der Waals surface area contributed by atoms with Gasteiger partial charge in [-0.05, 0) is 72.7 Å². The SMILES string of the molecule is COc1ccc(-c2cc(C(=O)N3CCN(C(=O)CC(C)CC(C)(C)C)CC3)c(C)n2-c2ccccc2Cl)cc1. The van der Waals surface area contributed by atoms with E-state index in [-0.39, 0.29) is 17.2 Å². The van der Waals surface area contributed by atoms with Gasteiger partial charge in [0.15, 0.2) is 0 Å². The van der Waals surface area contributed by atoms with Crippen LogP contribution in [0.3, 0.4) is 0 Å². The number of benzene rings is 2. The summed E-state index contributed by atoms with van der Waals surface area (Å²) in [4.78, 5) is 30.5. The lowest BCUT2D eigenvalue weighted by molar-refractivity contribution is -0.133. The molecular formula is C32H40ClN3O3.